The maximum Gasteiger partial charge on any atom is 0.314 e. The molecule has 0 saturated carbocycles. The smallest absolute Gasteiger partial charge is 0.314 e. The predicted molar refractivity (Wildman–Crippen MR) is 112 cm³/mol. The normalized spacial score (nSPS) is 18.2. The summed E-state index contributed by atoms with van der Waals surface area (Å²) in [5.41, 5.74) is 0. The van der Waals surface area contributed by atoms with Crippen molar-refractivity contribution < 1.29 is 38.5 Å². The van der Waals surface area contributed by atoms with Crippen LogP contribution in [0.1, 0.15) is 6.42 Å². The summed E-state index contributed by atoms with van der Waals surface area (Å²) in [6, 6.07) is 0.770. The highest BCUT2D eigenvalue weighted by atomic mass is 28.5. The lowest BCUT2D eigenvalue weighted by atomic mass is 10.0. The van der Waals surface area contributed by atoms with E-state index in [4.69, 9.17) is 18.1 Å². The molecule has 4 atom stereocenters. The van der Waals surface area contributed by atoms with E-state index in [0.29, 0.717) is 13.0 Å². The highest BCUT2D eigenvalue weighted by Gasteiger charge is 2.39. The van der Waals surface area contributed by atoms with E-state index < -0.39 is 56.2 Å². The predicted octanol–water partition coefficient (Wildman–Crippen LogP) is 0.604. The van der Waals surface area contributed by atoms with Gasteiger partial charge in [-0.1, -0.05) is 0 Å². The number of ether oxygens (including phenoxy) is 1. The standard InChI is InChI=1S/C16H40O8Si3/c1-25(2,3)23-27(7,24-26(4,5)6)10-8-9-22-12-14(19)16(21)15(20)13(18)11-17/h13-21H,8-12H2,1-7H3. The van der Waals surface area contributed by atoms with Gasteiger partial charge in [0, 0.05) is 6.61 Å². The Bertz CT molecular complexity index is 397. The zero-order valence-corrected chi connectivity index (χ0v) is 20.8. The van der Waals surface area contributed by atoms with Crippen molar-refractivity contribution >= 4 is 25.2 Å². The van der Waals surface area contributed by atoms with E-state index in [1.807, 2.05) is 0 Å². The first-order valence-electron chi connectivity index (χ1n) is 9.41. The SMILES string of the molecule is C[Si](C)(C)O[Si](C)(CCCOCC(O)C(O)C(O)C(O)CO)O[Si](C)(C)C. The molecule has 0 amide bonds. The molecule has 5 N–H and O–H groups in total. The fourth-order valence-corrected chi connectivity index (χ4v) is 15.3. The molecule has 0 aromatic rings. The Morgan fingerprint density at radius 1 is 0.741 bits per heavy atom. The van der Waals surface area contributed by atoms with Gasteiger partial charge in [-0.15, -0.1) is 0 Å². The van der Waals surface area contributed by atoms with Gasteiger partial charge in [0.05, 0.1) is 13.2 Å². The fourth-order valence-electron chi connectivity index (χ4n) is 2.78. The summed E-state index contributed by atoms with van der Waals surface area (Å²) in [6.45, 7) is 14.4. The van der Waals surface area contributed by atoms with Crippen LogP contribution in [0.2, 0.25) is 51.9 Å². The second kappa shape index (κ2) is 11.5. The molecule has 164 valence electrons. The Labute approximate surface area is 166 Å². The van der Waals surface area contributed by atoms with E-state index in [1.54, 1.807) is 0 Å². The molecular formula is C16H40O8Si3. The molecule has 0 heterocycles. The molecular weight excluding hydrogens is 404 g/mol. The minimum atomic E-state index is -2.33. The van der Waals surface area contributed by atoms with E-state index in [1.165, 1.54) is 0 Å². The summed E-state index contributed by atoms with van der Waals surface area (Å²) in [6.07, 6.45) is -5.42. The van der Waals surface area contributed by atoms with Crippen LogP contribution in [0.25, 0.3) is 0 Å². The monoisotopic (exact) mass is 444 g/mol. The Hall–Kier alpha value is 0.331. The maximum atomic E-state index is 9.84. The van der Waals surface area contributed by atoms with E-state index in [2.05, 4.69) is 45.8 Å². The molecule has 4 unspecified atom stereocenters. The third-order valence-electron chi connectivity index (χ3n) is 3.58. The zero-order chi connectivity index (χ0) is 21.5. The average molecular weight is 445 g/mol. The molecule has 0 aromatic carbocycles. The van der Waals surface area contributed by atoms with E-state index in [0.717, 1.165) is 6.04 Å². The molecule has 0 aliphatic heterocycles. The van der Waals surface area contributed by atoms with Crippen LogP contribution in [0.3, 0.4) is 0 Å². The maximum absolute atomic E-state index is 9.84. The van der Waals surface area contributed by atoms with E-state index in [9.17, 15) is 20.4 Å². The topological polar surface area (TPSA) is 129 Å². The van der Waals surface area contributed by atoms with Crippen LogP contribution in [0.5, 0.6) is 0 Å². The van der Waals surface area contributed by atoms with Crippen molar-refractivity contribution in [3.63, 3.8) is 0 Å². The van der Waals surface area contributed by atoms with Gasteiger partial charge in [-0.05, 0) is 58.3 Å². The van der Waals surface area contributed by atoms with Crippen LogP contribution in [0.4, 0.5) is 0 Å². The van der Waals surface area contributed by atoms with Gasteiger partial charge in [0.2, 0.25) is 0 Å². The van der Waals surface area contributed by atoms with Crippen molar-refractivity contribution in [3.05, 3.63) is 0 Å². The summed E-state index contributed by atoms with van der Waals surface area (Å²) in [4.78, 5) is 0. The van der Waals surface area contributed by atoms with E-state index >= 15 is 0 Å². The van der Waals surface area contributed by atoms with Crippen LogP contribution in [-0.4, -0.2) is 95.0 Å². The second-order valence-electron chi connectivity index (χ2n) is 9.04. The second-order valence-corrected chi connectivity index (χ2v) is 21.9. The number of aliphatic hydroxyl groups is 5. The number of hydrogen-bond acceptors (Lipinski definition) is 8. The Balaban J connectivity index is 4.45. The fraction of sp³-hybridized carbons (Fsp3) is 1.00. The first-order chi connectivity index (χ1) is 12.1. The number of rotatable bonds is 14. The Kier molecular flexibility index (Phi) is 11.6. The minimum Gasteiger partial charge on any atom is -0.437 e. The lowest BCUT2D eigenvalue weighted by molar-refractivity contribution is -0.129. The first kappa shape index (κ1) is 27.3. The molecule has 0 radical (unpaired) electrons. The molecule has 0 rings (SSSR count). The van der Waals surface area contributed by atoms with Crippen molar-refractivity contribution in [2.45, 2.75) is 82.7 Å². The quantitative estimate of drug-likeness (QED) is 0.195. The average Bonchev–Trinajstić information content (AvgIpc) is 2.48. The van der Waals surface area contributed by atoms with E-state index in [-0.39, 0.29) is 6.61 Å². The van der Waals surface area contributed by atoms with Crippen molar-refractivity contribution in [1.82, 2.24) is 0 Å². The van der Waals surface area contributed by atoms with Gasteiger partial charge >= 0.3 is 8.56 Å². The van der Waals surface area contributed by atoms with Gasteiger partial charge < -0.3 is 38.5 Å². The third kappa shape index (κ3) is 12.5. The van der Waals surface area contributed by atoms with Crippen LogP contribution >= 0.6 is 0 Å². The lowest BCUT2D eigenvalue weighted by Crippen LogP contribution is -2.52. The van der Waals surface area contributed by atoms with Crippen LogP contribution in [-0.2, 0) is 13.0 Å². The molecule has 27 heavy (non-hydrogen) atoms. The summed E-state index contributed by atoms with van der Waals surface area (Å²) in [5.74, 6) is 0. The summed E-state index contributed by atoms with van der Waals surface area (Å²) >= 11 is 0. The summed E-state index contributed by atoms with van der Waals surface area (Å²) in [5, 5.41) is 47.3. The van der Waals surface area contributed by atoms with Crippen LogP contribution < -0.4 is 0 Å². The highest BCUT2D eigenvalue weighted by Crippen LogP contribution is 2.25. The van der Waals surface area contributed by atoms with Gasteiger partial charge in [0.15, 0.2) is 16.6 Å². The number of hydrogen-bond donors (Lipinski definition) is 5. The van der Waals surface area contributed by atoms with Gasteiger partial charge in [-0.3, -0.25) is 0 Å². The minimum absolute atomic E-state index is 0.182. The lowest BCUT2D eigenvalue weighted by Gasteiger charge is -2.38. The molecule has 0 aliphatic carbocycles. The molecule has 0 spiro atoms. The largest absolute Gasteiger partial charge is 0.437 e. The summed E-state index contributed by atoms with van der Waals surface area (Å²) < 4.78 is 18.2. The van der Waals surface area contributed by atoms with Crippen molar-refractivity contribution in [2.24, 2.45) is 0 Å². The number of aliphatic hydroxyl groups excluding tert-OH is 5. The first-order valence-corrected chi connectivity index (χ1v) is 18.8. The zero-order valence-electron chi connectivity index (χ0n) is 17.8. The molecule has 0 fully saturated rings. The Morgan fingerprint density at radius 3 is 1.59 bits per heavy atom. The molecule has 8 nitrogen and oxygen atoms in total. The van der Waals surface area contributed by atoms with Crippen molar-refractivity contribution in [3.8, 4) is 0 Å². The summed E-state index contributed by atoms with van der Waals surface area (Å²) in [7, 11) is -5.82. The Morgan fingerprint density at radius 2 is 1.19 bits per heavy atom. The van der Waals surface area contributed by atoms with Gasteiger partial charge in [-0.2, -0.15) is 0 Å². The third-order valence-corrected chi connectivity index (χ3v) is 13.2. The van der Waals surface area contributed by atoms with Gasteiger partial charge in [0.25, 0.3) is 0 Å². The van der Waals surface area contributed by atoms with Crippen LogP contribution in [0, 0.1) is 0 Å². The molecule has 11 heteroatoms. The molecule has 0 saturated heterocycles. The van der Waals surface area contributed by atoms with Crippen molar-refractivity contribution in [2.75, 3.05) is 19.8 Å². The molecule has 0 bridgehead atoms. The highest BCUT2D eigenvalue weighted by molar-refractivity contribution is 6.87. The molecule has 0 aliphatic rings. The van der Waals surface area contributed by atoms with Gasteiger partial charge in [-0.25, -0.2) is 0 Å². The van der Waals surface area contributed by atoms with Crippen molar-refractivity contribution in [1.29, 1.82) is 0 Å². The molecule has 0 aromatic heterocycles. The van der Waals surface area contributed by atoms with Gasteiger partial charge in [0.1, 0.15) is 24.4 Å². The van der Waals surface area contributed by atoms with Crippen LogP contribution in [0.15, 0.2) is 0 Å².